The number of fused-ring (bicyclic) bond motifs is 1. The van der Waals surface area contributed by atoms with Crippen molar-refractivity contribution in [3.05, 3.63) is 41.2 Å². The van der Waals surface area contributed by atoms with Crippen LogP contribution in [0.4, 0.5) is 5.95 Å². The lowest BCUT2D eigenvalue weighted by Gasteiger charge is -2.35. The lowest BCUT2D eigenvalue weighted by atomic mass is 9.92. The molecule has 2 aliphatic heterocycles. The molecule has 0 saturated carbocycles. The zero-order chi connectivity index (χ0) is 28.7. The first-order valence-electron chi connectivity index (χ1n) is 12.5. The standard InChI is InChI=1S/C20H26N4O2.C6H8O7/c1-14-17-12-19(26-2)18(25)11-15(17)6-10-24(14)13-16-5-7-21-20(22-16)23-8-3-4-9-23;7-3(8)1-6(13,5(11)12)2-4(9)10/h5,7,11-12,14,25H,3-4,6,8-10,13H2,1-2H3;13H,1-2H2,(H,7,8)(H,9,10)(H,11,12). The summed E-state index contributed by atoms with van der Waals surface area (Å²) in [7, 11) is 1.59. The molecular weight excluding hydrogens is 512 g/mol. The van der Waals surface area contributed by atoms with Crippen LogP contribution in [0.25, 0.3) is 0 Å². The van der Waals surface area contributed by atoms with E-state index in [1.807, 2.05) is 24.4 Å². The van der Waals surface area contributed by atoms with E-state index in [1.165, 1.54) is 24.0 Å². The highest BCUT2D eigenvalue weighted by Crippen LogP contribution is 2.37. The number of nitrogens with zero attached hydrogens (tertiary/aromatic N) is 4. The van der Waals surface area contributed by atoms with Gasteiger partial charge in [0.25, 0.3) is 0 Å². The molecule has 2 aliphatic rings. The average molecular weight is 547 g/mol. The summed E-state index contributed by atoms with van der Waals surface area (Å²) in [5.74, 6) is -3.40. The minimum absolute atomic E-state index is 0.220. The normalized spacial score (nSPS) is 17.1. The average Bonchev–Trinajstić information content (AvgIpc) is 3.40. The molecule has 5 N–H and O–H groups in total. The van der Waals surface area contributed by atoms with Gasteiger partial charge in [-0.25, -0.2) is 14.8 Å². The van der Waals surface area contributed by atoms with Crippen LogP contribution >= 0.6 is 0 Å². The fraction of sp³-hybridized carbons (Fsp3) is 0.500. The number of carbonyl (C=O) groups is 3. The number of aliphatic carboxylic acids is 3. The summed E-state index contributed by atoms with van der Waals surface area (Å²) in [5.41, 5.74) is 0.743. The molecule has 1 saturated heterocycles. The maximum absolute atomic E-state index is 10.3. The van der Waals surface area contributed by atoms with E-state index in [0.29, 0.717) is 5.75 Å². The second-order valence-corrected chi connectivity index (χ2v) is 9.64. The number of hydrogen-bond donors (Lipinski definition) is 5. The van der Waals surface area contributed by atoms with Gasteiger partial charge in [-0.05, 0) is 55.5 Å². The molecule has 1 atom stereocenters. The Morgan fingerprint density at radius 3 is 2.28 bits per heavy atom. The number of aromatic nitrogens is 2. The number of benzene rings is 1. The van der Waals surface area contributed by atoms with Gasteiger partial charge in [0.15, 0.2) is 17.1 Å². The molecule has 1 aromatic heterocycles. The molecule has 2 aromatic rings. The van der Waals surface area contributed by atoms with Crippen LogP contribution in [0.2, 0.25) is 0 Å². The number of phenolic OH excluding ortho intramolecular Hbond substituents is 1. The largest absolute Gasteiger partial charge is 0.504 e. The predicted molar refractivity (Wildman–Crippen MR) is 138 cm³/mol. The Bertz CT molecular complexity index is 1180. The van der Waals surface area contributed by atoms with Gasteiger partial charge in [0.05, 0.1) is 25.6 Å². The lowest BCUT2D eigenvalue weighted by molar-refractivity contribution is -0.170. The summed E-state index contributed by atoms with van der Waals surface area (Å²) >= 11 is 0. The predicted octanol–water partition coefficient (Wildman–Crippen LogP) is 1.66. The van der Waals surface area contributed by atoms with Crippen LogP contribution in [-0.4, -0.2) is 90.7 Å². The van der Waals surface area contributed by atoms with Gasteiger partial charge in [-0.3, -0.25) is 14.5 Å². The van der Waals surface area contributed by atoms with Crippen molar-refractivity contribution in [3.8, 4) is 11.5 Å². The number of methoxy groups -OCH3 is 1. The van der Waals surface area contributed by atoms with Gasteiger partial charge in [-0.1, -0.05) is 0 Å². The van der Waals surface area contributed by atoms with E-state index < -0.39 is 36.4 Å². The molecule has 0 bridgehead atoms. The second kappa shape index (κ2) is 12.7. The van der Waals surface area contributed by atoms with Crippen molar-refractivity contribution in [1.82, 2.24) is 14.9 Å². The molecule has 212 valence electrons. The molecule has 0 aliphatic carbocycles. The van der Waals surface area contributed by atoms with Crippen LogP contribution < -0.4 is 9.64 Å². The van der Waals surface area contributed by atoms with Crippen LogP contribution in [0.3, 0.4) is 0 Å². The zero-order valence-corrected chi connectivity index (χ0v) is 21.9. The molecule has 1 unspecified atom stereocenters. The van der Waals surface area contributed by atoms with Crippen molar-refractivity contribution in [2.75, 3.05) is 31.6 Å². The molecule has 13 heteroatoms. The highest BCUT2D eigenvalue weighted by atomic mass is 16.5. The molecule has 1 aromatic carbocycles. The van der Waals surface area contributed by atoms with Gasteiger partial charge < -0.3 is 35.2 Å². The number of carboxylic acid groups (broad SMARTS) is 3. The van der Waals surface area contributed by atoms with E-state index >= 15 is 0 Å². The summed E-state index contributed by atoms with van der Waals surface area (Å²) in [6, 6.07) is 6.08. The zero-order valence-electron chi connectivity index (χ0n) is 21.9. The first-order chi connectivity index (χ1) is 18.4. The number of carboxylic acids is 3. The quantitative estimate of drug-likeness (QED) is 0.305. The Labute approximate surface area is 225 Å². The van der Waals surface area contributed by atoms with Crippen LogP contribution in [0, 0.1) is 0 Å². The minimum atomic E-state index is -2.74. The summed E-state index contributed by atoms with van der Waals surface area (Å²) in [6.07, 6.45) is 2.95. The Balaban J connectivity index is 0.000000276. The number of rotatable bonds is 9. The van der Waals surface area contributed by atoms with E-state index in [-0.39, 0.29) is 11.8 Å². The summed E-state index contributed by atoms with van der Waals surface area (Å²) in [4.78, 5) is 44.4. The maximum Gasteiger partial charge on any atom is 0.336 e. The van der Waals surface area contributed by atoms with Crippen molar-refractivity contribution >= 4 is 23.9 Å². The fourth-order valence-electron chi connectivity index (χ4n) is 4.73. The van der Waals surface area contributed by atoms with Gasteiger partial charge in [0.2, 0.25) is 5.95 Å². The molecule has 0 radical (unpaired) electrons. The van der Waals surface area contributed by atoms with Gasteiger partial charge in [-0.2, -0.15) is 0 Å². The molecule has 0 amide bonds. The van der Waals surface area contributed by atoms with Crippen LogP contribution in [-0.2, 0) is 27.3 Å². The number of aliphatic hydroxyl groups is 1. The first kappa shape index (κ1) is 29.6. The first-order valence-corrected chi connectivity index (χ1v) is 12.5. The van der Waals surface area contributed by atoms with Gasteiger partial charge in [0, 0.05) is 38.4 Å². The Kier molecular flexibility index (Phi) is 9.65. The number of hydrogen-bond acceptors (Lipinski definition) is 10. The summed E-state index contributed by atoms with van der Waals surface area (Å²) in [5, 5.41) is 43.8. The molecule has 1 fully saturated rings. The second-order valence-electron chi connectivity index (χ2n) is 9.64. The van der Waals surface area contributed by atoms with E-state index in [0.717, 1.165) is 44.2 Å². The van der Waals surface area contributed by atoms with E-state index in [4.69, 9.17) is 30.1 Å². The summed E-state index contributed by atoms with van der Waals surface area (Å²) in [6.45, 7) is 6.06. The van der Waals surface area contributed by atoms with Crippen molar-refractivity contribution in [1.29, 1.82) is 0 Å². The molecular formula is C26H34N4O9. The number of aromatic hydroxyl groups is 1. The molecule has 13 nitrogen and oxygen atoms in total. The third-order valence-corrected chi connectivity index (χ3v) is 6.85. The van der Waals surface area contributed by atoms with E-state index in [9.17, 15) is 19.5 Å². The molecule has 3 heterocycles. The third-order valence-electron chi connectivity index (χ3n) is 6.85. The topological polar surface area (TPSA) is 194 Å². The third kappa shape index (κ3) is 7.54. The minimum Gasteiger partial charge on any atom is -0.504 e. The van der Waals surface area contributed by atoms with E-state index in [1.54, 1.807) is 7.11 Å². The van der Waals surface area contributed by atoms with Gasteiger partial charge >= 0.3 is 17.9 Å². The molecule has 4 rings (SSSR count). The Morgan fingerprint density at radius 1 is 1.08 bits per heavy atom. The Hall–Kier alpha value is -3.97. The van der Waals surface area contributed by atoms with Gasteiger partial charge in [0.1, 0.15) is 0 Å². The monoisotopic (exact) mass is 546 g/mol. The highest BCUT2D eigenvalue weighted by Gasteiger charge is 2.40. The highest BCUT2D eigenvalue weighted by molar-refractivity contribution is 5.88. The van der Waals surface area contributed by atoms with Crippen molar-refractivity contribution in [3.63, 3.8) is 0 Å². The molecule has 0 spiro atoms. The van der Waals surface area contributed by atoms with Crippen molar-refractivity contribution < 1.29 is 44.7 Å². The SMILES string of the molecule is COc1cc2c(cc1O)CCN(Cc1ccnc(N3CCCC3)n1)C2C.O=C(O)CC(O)(CC(=O)O)C(=O)O. The number of ether oxygens (including phenoxy) is 1. The van der Waals surface area contributed by atoms with Crippen molar-refractivity contribution in [2.24, 2.45) is 0 Å². The van der Waals surface area contributed by atoms with Gasteiger partial charge in [-0.15, -0.1) is 0 Å². The lowest BCUT2D eigenvalue weighted by Crippen LogP contribution is -2.42. The van der Waals surface area contributed by atoms with E-state index in [2.05, 4.69) is 21.7 Å². The van der Waals surface area contributed by atoms with Crippen LogP contribution in [0.5, 0.6) is 11.5 Å². The van der Waals surface area contributed by atoms with Crippen LogP contribution in [0.1, 0.15) is 55.5 Å². The Morgan fingerprint density at radius 2 is 1.72 bits per heavy atom. The maximum atomic E-state index is 10.3. The number of anilines is 1. The molecule has 39 heavy (non-hydrogen) atoms. The smallest absolute Gasteiger partial charge is 0.336 e. The number of phenols is 1. The van der Waals surface area contributed by atoms with Crippen LogP contribution in [0.15, 0.2) is 24.4 Å². The van der Waals surface area contributed by atoms with Crippen molar-refractivity contribution in [2.45, 2.75) is 57.2 Å². The summed E-state index contributed by atoms with van der Waals surface area (Å²) < 4.78 is 5.29. The fourth-order valence-corrected chi connectivity index (χ4v) is 4.73.